The van der Waals surface area contributed by atoms with Gasteiger partial charge in [0.25, 0.3) is 11.8 Å². The first-order valence-electron chi connectivity index (χ1n) is 24.7. The maximum atomic E-state index is 13.6. The summed E-state index contributed by atoms with van der Waals surface area (Å²) in [6, 6.07) is 12.4. The van der Waals surface area contributed by atoms with Gasteiger partial charge >= 0.3 is 0 Å². The molecule has 3 aliphatic rings. The van der Waals surface area contributed by atoms with Crippen molar-refractivity contribution in [2.24, 2.45) is 16.9 Å². The van der Waals surface area contributed by atoms with Crippen LogP contribution in [0.25, 0.3) is 0 Å². The van der Waals surface area contributed by atoms with E-state index in [0.717, 1.165) is 19.3 Å². The first-order valence-corrected chi connectivity index (χ1v) is 24.7. The number of ether oxygens (including phenoxy) is 1. The Bertz CT molecular complexity index is 1980. The Morgan fingerprint density at radius 2 is 1.51 bits per heavy atom. The van der Waals surface area contributed by atoms with E-state index in [9.17, 15) is 24.0 Å². The number of likely N-dealkylation sites (N-methyl/N-ethyl adjacent to an activating group) is 2. The predicted molar refractivity (Wildman–Crippen MR) is 278 cm³/mol. The fourth-order valence-corrected chi connectivity index (χ4v) is 8.18. The largest absolute Gasteiger partial charge is 0.497 e. The van der Waals surface area contributed by atoms with Crippen molar-refractivity contribution in [2.45, 2.75) is 156 Å². The molecule has 2 saturated heterocycles. The molecule has 6 atom stereocenters. The topological polar surface area (TPSA) is 216 Å². The molecule has 4 unspecified atom stereocenters. The average Bonchev–Trinajstić information content (AvgIpc) is 4.01. The molecule has 0 bridgehead atoms. The maximum Gasteiger partial charge on any atom is 0.255 e. The van der Waals surface area contributed by atoms with Gasteiger partial charge in [-0.05, 0) is 102 Å². The Kier molecular flexibility index (Phi) is 25.6. The molecule has 2 aromatic rings. The zero-order valence-corrected chi connectivity index (χ0v) is 44.0. The number of hydrogen-bond acceptors (Lipinski definition) is 11. The van der Waals surface area contributed by atoms with Crippen LogP contribution in [0.1, 0.15) is 145 Å². The molecule has 1 aliphatic carbocycles. The van der Waals surface area contributed by atoms with E-state index in [1.165, 1.54) is 50.3 Å². The molecule has 0 radical (unpaired) electrons. The van der Waals surface area contributed by atoms with E-state index in [1.807, 2.05) is 40.8 Å². The van der Waals surface area contributed by atoms with Crippen LogP contribution in [-0.4, -0.2) is 128 Å². The lowest BCUT2D eigenvalue weighted by atomic mass is 9.85. The highest BCUT2D eigenvalue weighted by Gasteiger charge is 2.40. The fraction of sp³-hybridized carbons (Fsp3) is 0.604. The quantitative estimate of drug-likeness (QED) is 0.0766. The molecule has 0 spiro atoms. The molecule has 9 N–H and O–H groups in total. The van der Waals surface area contributed by atoms with Gasteiger partial charge in [0, 0.05) is 60.3 Å². The predicted octanol–water partition coefficient (Wildman–Crippen LogP) is 5.59. The second-order valence-electron chi connectivity index (χ2n) is 19.6. The van der Waals surface area contributed by atoms with Crippen molar-refractivity contribution in [3.63, 3.8) is 0 Å². The van der Waals surface area contributed by atoms with Crippen LogP contribution >= 0.6 is 0 Å². The van der Waals surface area contributed by atoms with Crippen molar-refractivity contribution in [1.82, 2.24) is 41.3 Å². The highest BCUT2D eigenvalue weighted by Crippen LogP contribution is 2.29. The minimum Gasteiger partial charge on any atom is -0.497 e. The van der Waals surface area contributed by atoms with Crippen molar-refractivity contribution in [3.05, 3.63) is 89.3 Å². The van der Waals surface area contributed by atoms with Crippen molar-refractivity contribution in [1.29, 1.82) is 0 Å². The van der Waals surface area contributed by atoms with E-state index in [0.29, 0.717) is 48.8 Å². The van der Waals surface area contributed by atoms with Crippen molar-refractivity contribution in [3.8, 4) is 5.75 Å². The van der Waals surface area contributed by atoms with Crippen molar-refractivity contribution >= 4 is 30.0 Å². The number of amides is 5. The summed E-state index contributed by atoms with van der Waals surface area (Å²) in [5, 5.41) is 14.6. The van der Waals surface area contributed by atoms with Gasteiger partial charge in [-0.2, -0.15) is 0 Å². The number of hydrogen-bond donors (Lipinski definition) is 7. The second kappa shape index (κ2) is 29.5. The molecule has 2 aromatic carbocycles. The van der Waals surface area contributed by atoms with Crippen LogP contribution in [0.4, 0.5) is 0 Å². The minimum atomic E-state index is -0.767. The smallest absolute Gasteiger partial charge is 0.255 e. The molecular formula is C53H88N10O6. The van der Waals surface area contributed by atoms with Gasteiger partial charge in [-0.3, -0.25) is 28.9 Å². The standard InChI is InChI=1S/C31H49N7O5.C11H13NO.C6H14.C5H12N2/c1-18(2)38-16-23(15-25(38)19(3)32)34-28(40)21-12-22(14-24(13-21)43-9)29(41)36-10-11-37(17-36)30(42)26(31(5,6)7)35-27(39)20(4)33-8;13-8-12-11-7-3-5-9-4-1-2-6-10(9)11;1-3-5-6-4-2;1-4(6)5(2)7-3/h12-14,18,20,23,25-26,33H,3,10-11,15-17,32H2,1-2,4-9H3,(H,34,40)(H,35,39);1-2,4,6,8,11H,3,5,7H2,(H,12,13);3-6H2,1-2H3;5,7H,1,6H2,2-3H3/t20-,23?,25?,26+;;;/m0.../s1. The van der Waals surface area contributed by atoms with Gasteiger partial charge < -0.3 is 52.6 Å². The Balaban J connectivity index is 0.000000503. The number of rotatable bonds is 17. The van der Waals surface area contributed by atoms with Crippen LogP contribution in [0, 0.1) is 5.41 Å². The molecule has 0 saturated carbocycles. The van der Waals surface area contributed by atoms with Gasteiger partial charge in [0.1, 0.15) is 11.8 Å². The molecular weight excluding hydrogens is 873 g/mol. The van der Waals surface area contributed by atoms with Gasteiger partial charge in [-0.15, -0.1) is 0 Å². The van der Waals surface area contributed by atoms with Crippen LogP contribution in [0.2, 0.25) is 0 Å². The van der Waals surface area contributed by atoms with Gasteiger partial charge in [0.2, 0.25) is 18.2 Å². The summed E-state index contributed by atoms with van der Waals surface area (Å²) in [4.78, 5) is 68.8. The van der Waals surface area contributed by atoms with E-state index in [-0.39, 0.29) is 66.1 Å². The maximum absolute atomic E-state index is 13.6. The van der Waals surface area contributed by atoms with Crippen LogP contribution in [0.3, 0.4) is 0 Å². The van der Waals surface area contributed by atoms with E-state index in [4.69, 9.17) is 16.2 Å². The number of carbonyl (C=O) groups is 5. The molecule has 386 valence electrons. The van der Waals surface area contributed by atoms with E-state index in [2.05, 4.69) is 90.5 Å². The lowest BCUT2D eigenvalue weighted by Crippen LogP contribution is -2.57. The van der Waals surface area contributed by atoms with Crippen LogP contribution in [-0.2, 0) is 20.8 Å². The third-order valence-electron chi connectivity index (χ3n) is 12.8. The Morgan fingerprint density at radius 3 is 2.01 bits per heavy atom. The first-order chi connectivity index (χ1) is 32.6. The normalized spacial score (nSPS) is 18.8. The third-order valence-corrected chi connectivity index (χ3v) is 12.8. The number of fused-ring (bicyclic) bond motifs is 1. The van der Waals surface area contributed by atoms with E-state index < -0.39 is 17.5 Å². The third kappa shape index (κ3) is 18.8. The highest BCUT2D eigenvalue weighted by atomic mass is 16.5. The van der Waals surface area contributed by atoms with Gasteiger partial charge in [-0.25, -0.2) is 0 Å². The molecule has 69 heavy (non-hydrogen) atoms. The summed E-state index contributed by atoms with van der Waals surface area (Å²) >= 11 is 0. The summed E-state index contributed by atoms with van der Waals surface area (Å²) < 4.78 is 5.42. The van der Waals surface area contributed by atoms with E-state index in [1.54, 1.807) is 42.0 Å². The number of likely N-dealkylation sites (tertiary alicyclic amines) is 1. The number of benzene rings is 2. The number of nitrogens with one attached hydrogen (secondary N) is 5. The number of aryl methyl sites for hydroxylation is 1. The lowest BCUT2D eigenvalue weighted by molar-refractivity contribution is -0.139. The van der Waals surface area contributed by atoms with Gasteiger partial charge in [-0.1, -0.05) is 97.7 Å². The zero-order valence-electron chi connectivity index (χ0n) is 44.0. The van der Waals surface area contributed by atoms with Crippen molar-refractivity contribution in [2.75, 3.05) is 47.5 Å². The monoisotopic (exact) mass is 961 g/mol. The second-order valence-corrected chi connectivity index (χ2v) is 19.6. The summed E-state index contributed by atoms with van der Waals surface area (Å²) in [6.45, 7) is 26.8. The molecule has 2 fully saturated rings. The summed E-state index contributed by atoms with van der Waals surface area (Å²) in [7, 11) is 5.01. The number of nitrogens with two attached hydrogens (primary N) is 2. The van der Waals surface area contributed by atoms with Crippen LogP contribution in [0.15, 0.2) is 67.0 Å². The molecule has 16 heteroatoms. The summed E-state index contributed by atoms with van der Waals surface area (Å²) in [6.07, 6.45) is 10.4. The first kappa shape index (κ1) is 59.7. The molecule has 5 rings (SSSR count). The van der Waals surface area contributed by atoms with Crippen LogP contribution < -0.4 is 42.8 Å². The van der Waals surface area contributed by atoms with E-state index >= 15 is 0 Å². The SMILES string of the molecule is C=C(N)C(C)NC.C=C(N)C1CC(NC(=O)c2cc(OC)cc(C(=O)N3CCN(C(=O)[C@@H](NC(=O)[C@H](C)NC)C(C)(C)C)C3)c2)CN1C(C)C.CCCCCC.O=CNC1CCCc2ccccc21. The molecule has 5 amide bonds. The number of methoxy groups -OCH3 is 1. The molecule has 0 aromatic heterocycles. The number of nitrogens with zero attached hydrogens (tertiary/aromatic N) is 3. The average molecular weight is 961 g/mol. The summed E-state index contributed by atoms with van der Waals surface area (Å²) in [5.74, 6) is -0.795. The molecule has 16 nitrogen and oxygen atoms in total. The van der Waals surface area contributed by atoms with Crippen LogP contribution in [0.5, 0.6) is 5.75 Å². The van der Waals surface area contributed by atoms with Gasteiger partial charge in [0.05, 0.1) is 31.9 Å². The molecule has 2 aliphatic heterocycles. The van der Waals surface area contributed by atoms with Crippen molar-refractivity contribution < 1.29 is 28.7 Å². The Labute approximate surface area is 414 Å². The zero-order chi connectivity index (χ0) is 52.0. The Hall–Kier alpha value is -5.45. The lowest BCUT2D eigenvalue weighted by Gasteiger charge is -2.34. The minimum absolute atomic E-state index is 0.0218. The number of carbonyl (C=O) groups excluding carboxylic acids is 5. The van der Waals surface area contributed by atoms with Gasteiger partial charge in [0.15, 0.2) is 0 Å². The number of unbranched alkanes of at least 4 members (excludes halogenated alkanes) is 3. The fourth-order valence-electron chi connectivity index (χ4n) is 8.18. The Morgan fingerprint density at radius 1 is 0.899 bits per heavy atom. The highest BCUT2D eigenvalue weighted by molar-refractivity contribution is 6.01. The molecule has 2 heterocycles. The summed E-state index contributed by atoms with van der Waals surface area (Å²) in [5.41, 5.74) is 15.3.